The number of nitrogens with one attached hydrogen (secondary N) is 1. The van der Waals surface area contributed by atoms with Crippen LogP contribution < -0.4 is 11.1 Å². The minimum atomic E-state index is -5.10. The van der Waals surface area contributed by atoms with Crippen LogP contribution in [0.15, 0.2) is 62.5 Å². The largest absolute Gasteiger partial charge is 0.505 e. The van der Waals surface area contributed by atoms with Crippen molar-refractivity contribution < 1.29 is 40.6 Å². The van der Waals surface area contributed by atoms with Crippen LogP contribution in [0.2, 0.25) is 0 Å². The molecule has 15 heteroatoms. The second kappa shape index (κ2) is 15.9. The first kappa shape index (κ1) is 35.6. The van der Waals surface area contributed by atoms with Crippen molar-refractivity contribution in [3.8, 4) is 5.75 Å². The lowest BCUT2D eigenvalue weighted by Crippen LogP contribution is -2.12. The Morgan fingerprint density at radius 3 is 2.04 bits per heavy atom. The van der Waals surface area contributed by atoms with Crippen LogP contribution in [0.3, 0.4) is 0 Å². The Labute approximate surface area is 262 Å². The zero-order valence-electron chi connectivity index (χ0n) is 24.9. The SMILES string of the molecule is CCCCCCCC(=O)Nc1ccc(S(=O)(=O)O)c2cc(S(=O)(=O)O)c(N=Nc3ccc(CCCCCC(N)=O)cc3)c(O)c12. The van der Waals surface area contributed by atoms with Gasteiger partial charge in [0.25, 0.3) is 20.2 Å². The molecular weight excluding hydrogens is 624 g/mol. The maximum absolute atomic E-state index is 12.7. The molecule has 45 heavy (non-hydrogen) atoms. The Kier molecular flexibility index (Phi) is 12.6. The first-order valence-corrected chi connectivity index (χ1v) is 17.5. The van der Waals surface area contributed by atoms with Crippen molar-refractivity contribution in [2.24, 2.45) is 16.0 Å². The third kappa shape index (κ3) is 10.3. The topological polar surface area (TPSA) is 226 Å². The zero-order valence-corrected chi connectivity index (χ0v) is 26.5. The molecule has 0 saturated carbocycles. The van der Waals surface area contributed by atoms with Gasteiger partial charge in [-0.1, -0.05) is 51.2 Å². The van der Waals surface area contributed by atoms with Crippen molar-refractivity contribution >= 4 is 59.9 Å². The molecule has 244 valence electrons. The van der Waals surface area contributed by atoms with Crippen LogP contribution in [-0.2, 0) is 36.2 Å². The molecule has 0 radical (unpaired) electrons. The highest BCUT2D eigenvalue weighted by molar-refractivity contribution is 7.86. The van der Waals surface area contributed by atoms with E-state index in [2.05, 4.69) is 22.5 Å². The number of azo groups is 1. The monoisotopic (exact) mass is 662 g/mol. The number of phenols is 1. The number of carbonyl (C=O) groups excluding carboxylic acids is 2. The highest BCUT2D eigenvalue weighted by atomic mass is 32.2. The highest BCUT2D eigenvalue weighted by Gasteiger charge is 2.27. The van der Waals surface area contributed by atoms with Gasteiger partial charge in [0.05, 0.1) is 16.8 Å². The zero-order chi connectivity index (χ0) is 33.2. The summed E-state index contributed by atoms with van der Waals surface area (Å²) in [6, 6.07) is 9.61. The van der Waals surface area contributed by atoms with E-state index < -0.39 is 52.8 Å². The Morgan fingerprint density at radius 1 is 0.800 bits per heavy atom. The van der Waals surface area contributed by atoms with Crippen LogP contribution in [0.4, 0.5) is 17.1 Å². The molecule has 0 atom stereocenters. The first-order chi connectivity index (χ1) is 21.2. The van der Waals surface area contributed by atoms with Crippen LogP contribution in [0.1, 0.15) is 76.7 Å². The van der Waals surface area contributed by atoms with Gasteiger partial charge in [-0.2, -0.15) is 21.9 Å². The first-order valence-electron chi connectivity index (χ1n) is 14.6. The predicted octanol–water partition coefficient (Wildman–Crippen LogP) is 6.34. The summed E-state index contributed by atoms with van der Waals surface area (Å²) in [6.45, 7) is 2.07. The molecule has 3 rings (SSSR count). The summed E-state index contributed by atoms with van der Waals surface area (Å²) >= 11 is 0. The smallest absolute Gasteiger partial charge is 0.296 e. The average Bonchev–Trinajstić information content (AvgIpc) is 2.95. The summed E-state index contributed by atoms with van der Waals surface area (Å²) < 4.78 is 68.7. The van der Waals surface area contributed by atoms with Gasteiger partial charge in [-0.05, 0) is 61.6 Å². The molecule has 0 aliphatic carbocycles. The van der Waals surface area contributed by atoms with Crippen molar-refractivity contribution in [3.05, 3.63) is 48.0 Å². The fourth-order valence-corrected chi connectivity index (χ4v) is 6.13. The molecule has 0 aliphatic heterocycles. The number of anilines is 1. The molecular formula is C30H38N4O9S2. The van der Waals surface area contributed by atoms with Gasteiger partial charge in [-0.15, -0.1) is 5.11 Å². The number of hydrogen-bond donors (Lipinski definition) is 5. The van der Waals surface area contributed by atoms with E-state index >= 15 is 0 Å². The standard InChI is InChI=1S/C30H38N4O9S2/c1-2-3-4-5-9-12-27(36)32-23-17-18-24(44(38,39)40)22-19-25(45(41,42)43)29(30(37)28(22)23)34-33-21-15-13-20(14-16-21)10-7-6-8-11-26(31)35/h13-19,37H,2-12H2,1H3,(H2,31,35)(H,32,36)(H,38,39,40)(H,41,42,43). The van der Waals surface area contributed by atoms with E-state index in [0.29, 0.717) is 19.3 Å². The number of nitrogens with zero attached hydrogens (tertiary/aromatic N) is 2. The lowest BCUT2D eigenvalue weighted by atomic mass is 10.1. The Bertz CT molecular complexity index is 1770. The molecule has 6 N–H and O–H groups in total. The number of primary amides is 1. The number of carbonyl (C=O) groups is 2. The van der Waals surface area contributed by atoms with E-state index in [1.54, 1.807) is 24.3 Å². The van der Waals surface area contributed by atoms with E-state index in [9.17, 15) is 40.6 Å². The summed E-state index contributed by atoms with van der Waals surface area (Å²) in [4.78, 5) is 21.8. The van der Waals surface area contributed by atoms with Crippen molar-refractivity contribution in [1.82, 2.24) is 0 Å². The van der Waals surface area contributed by atoms with Gasteiger partial charge in [0.1, 0.15) is 15.5 Å². The van der Waals surface area contributed by atoms with Gasteiger partial charge in [0.15, 0.2) is 5.75 Å². The minimum Gasteiger partial charge on any atom is -0.505 e. The van der Waals surface area contributed by atoms with Gasteiger partial charge in [-0.25, -0.2) is 0 Å². The number of fused-ring (bicyclic) bond motifs is 1. The van der Waals surface area contributed by atoms with Crippen molar-refractivity contribution in [3.63, 3.8) is 0 Å². The summed E-state index contributed by atoms with van der Waals surface area (Å²) in [6.07, 6.45) is 8.02. The molecule has 0 spiro atoms. The number of amides is 2. The molecule has 0 unspecified atom stereocenters. The second-order valence-corrected chi connectivity index (χ2v) is 13.4. The van der Waals surface area contributed by atoms with Crippen LogP contribution in [-0.4, -0.2) is 42.9 Å². The summed E-state index contributed by atoms with van der Waals surface area (Å²) in [5.74, 6) is -1.66. The molecule has 0 aliphatic rings. The van der Waals surface area contributed by atoms with Crippen LogP contribution >= 0.6 is 0 Å². The number of rotatable bonds is 17. The lowest BCUT2D eigenvalue weighted by molar-refractivity contribution is -0.118. The molecule has 0 bridgehead atoms. The molecule has 3 aromatic carbocycles. The summed E-state index contributed by atoms with van der Waals surface area (Å²) in [5, 5.41) is 21.0. The van der Waals surface area contributed by atoms with Crippen LogP contribution in [0, 0.1) is 0 Å². The Balaban J connectivity index is 2.00. The van der Waals surface area contributed by atoms with Gasteiger partial charge in [-0.3, -0.25) is 18.7 Å². The number of aryl methyl sites for hydroxylation is 1. The third-order valence-corrected chi connectivity index (χ3v) is 8.88. The maximum Gasteiger partial charge on any atom is 0.296 e. The third-order valence-electron chi connectivity index (χ3n) is 7.10. The molecule has 0 saturated heterocycles. The average molecular weight is 663 g/mol. The number of aromatic hydroxyl groups is 1. The van der Waals surface area contributed by atoms with E-state index in [1.165, 1.54) is 0 Å². The fourth-order valence-electron chi connectivity index (χ4n) is 4.80. The summed E-state index contributed by atoms with van der Waals surface area (Å²) in [5.41, 5.74) is 5.63. The van der Waals surface area contributed by atoms with E-state index in [1.807, 2.05) is 0 Å². The quantitative estimate of drug-likeness (QED) is 0.0616. The number of benzene rings is 3. The molecule has 2 amide bonds. The number of hydrogen-bond acceptors (Lipinski definition) is 9. The van der Waals surface area contributed by atoms with Crippen molar-refractivity contribution in [2.75, 3.05) is 5.32 Å². The summed E-state index contributed by atoms with van der Waals surface area (Å²) in [7, 11) is -10.0. The highest BCUT2D eigenvalue weighted by Crippen LogP contribution is 2.46. The van der Waals surface area contributed by atoms with Crippen molar-refractivity contribution in [1.29, 1.82) is 0 Å². The molecule has 13 nitrogen and oxygen atoms in total. The van der Waals surface area contributed by atoms with Gasteiger partial charge < -0.3 is 16.2 Å². The second-order valence-electron chi connectivity index (χ2n) is 10.7. The predicted molar refractivity (Wildman–Crippen MR) is 169 cm³/mol. The van der Waals surface area contributed by atoms with Gasteiger partial charge in [0, 0.05) is 18.2 Å². The normalized spacial score (nSPS) is 12.2. The van der Waals surface area contributed by atoms with E-state index in [0.717, 1.165) is 68.7 Å². The van der Waals surface area contributed by atoms with Crippen molar-refractivity contribution in [2.45, 2.75) is 87.3 Å². The number of unbranched alkanes of at least 4 members (excludes halogenated alkanes) is 6. The van der Waals surface area contributed by atoms with Crippen LogP contribution in [0.5, 0.6) is 5.75 Å². The number of phenolic OH excluding ortho intramolecular Hbond substituents is 1. The molecule has 3 aromatic rings. The fraction of sp³-hybridized carbons (Fsp3) is 0.400. The molecule has 0 aromatic heterocycles. The lowest BCUT2D eigenvalue weighted by Gasteiger charge is -2.15. The van der Waals surface area contributed by atoms with Crippen LogP contribution in [0.25, 0.3) is 10.8 Å². The van der Waals surface area contributed by atoms with Gasteiger partial charge in [0.2, 0.25) is 11.8 Å². The Hall–Kier alpha value is -3.92. The number of nitrogens with two attached hydrogens (primary N) is 1. The molecule has 0 heterocycles. The van der Waals surface area contributed by atoms with E-state index in [4.69, 9.17) is 5.73 Å². The maximum atomic E-state index is 12.7. The van der Waals surface area contributed by atoms with E-state index in [-0.39, 0.29) is 29.1 Å². The van der Waals surface area contributed by atoms with Gasteiger partial charge >= 0.3 is 0 Å². The minimum absolute atomic E-state index is 0.0630. The molecule has 0 fully saturated rings. The Morgan fingerprint density at radius 2 is 1.42 bits per heavy atom.